The van der Waals surface area contributed by atoms with Crippen molar-refractivity contribution in [2.45, 2.75) is 12.8 Å². The normalized spacial score (nSPS) is 10.4. The Morgan fingerprint density at radius 1 is 1.04 bits per heavy atom. The van der Waals surface area contributed by atoms with Gasteiger partial charge in [0.2, 0.25) is 5.91 Å². The Bertz CT molecular complexity index is 644. The minimum absolute atomic E-state index is 0.00626. The van der Waals surface area contributed by atoms with Crippen LogP contribution in [0.1, 0.15) is 11.1 Å². The third kappa shape index (κ3) is 6.60. The van der Waals surface area contributed by atoms with Gasteiger partial charge in [-0.3, -0.25) is 4.79 Å². The largest absolute Gasteiger partial charge is 0.497 e. The summed E-state index contributed by atoms with van der Waals surface area (Å²) < 4.78 is 5.13. The van der Waals surface area contributed by atoms with Gasteiger partial charge in [-0.25, -0.2) is 0 Å². The van der Waals surface area contributed by atoms with E-state index >= 15 is 0 Å². The second-order valence-corrected chi connectivity index (χ2v) is 5.94. The third-order valence-corrected chi connectivity index (χ3v) is 3.90. The van der Waals surface area contributed by atoms with Crippen LogP contribution in [0.2, 0.25) is 5.02 Å². The van der Waals surface area contributed by atoms with Gasteiger partial charge in [0.15, 0.2) is 0 Å². The van der Waals surface area contributed by atoms with Crippen molar-refractivity contribution in [1.82, 2.24) is 10.6 Å². The van der Waals surface area contributed by atoms with Crippen LogP contribution in [-0.4, -0.2) is 32.7 Å². The van der Waals surface area contributed by atoms with Gasteiger partial charge >= 0.3 is 0 Å². The zero-order valence-corrected chi connectivity index (χ0v) is 14.6. The van der Waals surface area contributed by atoms with E-state index in [0.717, 1.165) is 35.7 Å². The summed E-state index contributed by atoms with van der Waals surface area (Å²) in [5.74, 6) is 0.859. The molecule has 4 nitrogen and oxygen atoms in total. The highest BCUT2D eigenvalue weighted by atomic mass is 35.5. The van der Waals surface area contributed by atoms with Crippen LogP contribution >= 0.6 is 11.6 Å². The van der Waals surface area contributed by atoms with E-state index in [2.05, 4.69) is 10.6 Å². The predicted molar refractivity (Wildman–Crippen MR) is 97.7 cm³/mol. The Balaban J connectivity index is 1.57. The zero-order chi connectivity index (χ0) is 17.2. The maximum atomic E-state index is 11.8. The van der Waals surface area contributed by atoms with Crippen LogP contribution in [0.25, 0.3) is 0 Å². The van der Waals surface area contributed by atoms with Crippen LogP contribution < -0.4 is 15.4 Å². The average molecular weight is 347 g/mol. The van der Waals surface area contributed by atoms with Gasteiger partial charge in [0.05, 0.1) is 13.7 Å². The Hall–Kier alpha value is -2.04. The molecule has 2 rings (SSSR count). The van der Waals surface area contributed by atoms with Gasteiger partial charge in [0, 0.05) is 11.6 Å². The quantitative estimate of drug-likeness (QED) is 0.686. The van der Waals surface area contributed by atoms with Gasteiger partial charge in [-0.1, -0.05) is 35.9 Å². The number of carbonyl (C=O) groups excluding carboxylic acids is 1. The van der Waals surface area contributed by atoms with Crippen molar-refractivity contribution < 1.29 is 9.53 Å². The molecule has 0 aliphatic rings. The van der Waals surface area contributed by atoms with Crippen LogP contribution in [0, 0.1) is 0 Å². The van der Waals surface area contributed by atoms with Crippen LogP contribution in [0.4, 0.5) is 0 Å². The summed E-state index contributed by atoms with van der Waals surface area (Å²) in [6.45, 7) is 1.69. The summed E-state index contributed by atoms with van der Waals surface area (Å²) >= 11 is 5.93. The number of carbonyl (C=O) groups is 1. The Morgan fingerprint density at radius 3 is 2.50 bits per heavy atom. The molecule has 5 heteroatoms. The molecule has 0 aromatic heterocycles. The first-order valence-corrected chi connectivity index (χ1v) is 8.40. The van der Waals surface area contributed by atoms with Gasteiger partial charge < -0.3 is 15.4 Å². The molecular formula is C19H23ClN2O2. The number of nitrogens with one attached hydrogen (secondary N) is 2. The van der Waals surface area contributed by atoms with Crippen molar-refractivity contribution in [2.24, 2.45) is 0 Å². The van der Waals surface area contributed by atoms with E-state index in [4.69, 9.17) is 16.3 Å². The van der Waals surface area contributed by atoms with Crippen molar-refractivity contribution in [3.05, 3.63) is 64.7 Å². The Kier molecular flexibility index (Phi) is 7.59. The van der Waals surface area contributed by atoms with Crippen molar-refractivity contribution in [3.63, 3.8) is 0 Å². The van der Waals surface area contributed by atoms with E-state index in [0.29, 0.717) is 13.1 Å². The van der Waals surface area contributed by atoms with Crippen LogP contribution in [-0.2, 0) is 17.6 Å². The van der Waals surface area contributed by atoms with Crippen LogP contribution in [0.5, 0.6) is 5.75 Å². The average Bonchev–Trinajstić information content (AvgIpc) is 2.59. The number of amides is 1. The lowest BCUT2D eigenvalue weighted by atomic mass is 10.1. The molecule has 0 bridgehead atoms. The van der Waals surface area contributed by atoms with Crippen LogP contribution in [0.3, 0.4) is 0 Å². The minimum Gasteiger partial charge on any atom is -0.497 e. The van der Waals surface area contributed by atoms with Crippen molar-refractivity contribution in [3.8, 4) is 5.75 Å². The molecule has 0 aliphatic carbocycles. The number of methoxy groups -OCH3 is 1. The van der Waals surface area contributed by atoms with E-state index in [1.54, 1.807) is 7.11 Å². The lowest BCUT2D eigenvalue weighted by Crippen LogP contribution is -2.35. The first-order valence-electron chi connectivity index (χ1n) is 8.02. The van der Waals surface area contributed by atoms with Gasteiger partial charge in [0.1, 0.15) is 5.75 Å². The zero-order valence-electron chi connectivity index (χ0n) is 13.8. The fourth-order valence-electron chi connectivity index (χ4n) is 2.33. The summed E-state index contributed by atoms with van der Waals surface area (Å²) in [5.41, 5.74) is 2.33. The lowest BCUT2D eigenvalue weighted by molar-refractivity contribution is -0.120. The number of halogens is 1. The number of benzene rings is 2. The van der Waals surface area contributed by atoms with Gasteiger partial charge in [0.25, 0.3) is 0 Å². The summed E-state index contributed by atoms with van der Waals surface area (Å²) in [4.78, 5) is 11.8. The lowest BCUT2D eigenvalue weighted by Gasteiger charge is -2.08. The molecule has 2 N–H and O–H groups in total. The molecule has 2 aromatic rings. The second-order valence-electron chi connectivity index (χ2n) is 5.50. The fourth-order valence-corrected chi connectivity index (χ4v) is 2.54. The SMILES string of the molecule is COc1ccc(CCNCC(=O)NCCc2cccc(Cl)c2)cc1. The highest BCUT2D eigenvalue weighted by Crippen LogP contribution is 2.11. The molecule has 0 radical (unpaired) electrons. The molecular weight excluding hydrogens is 324 g/mol. The Labute approximate surface area is 148 Å². The van der Waals surface area contributed by atoms with E-state index in [9.17, 15) is 4.79 Å². The number of hydrogen-bond acceptors (Lipinski definition) is 3. The monoisotopic (exact) mass is 346 g/mol. The number of ether oxygens (including phenoxy) is 1. The molecule has 0 aliphatic heterocycles. The van der Waals surface area contributed by atoms with E-state index in [-0.39, 0.29) is 5.91 Å². The molecule has 0 atom stereocenters. The Morgan fingerprint density at radius 2 is 1.79 bits per heavy atom. The first-order chi connectivity index (χ1) is 11.7. The second kappa shape index (κ2) is 9.96. The van der Waals surface area contributed by atoms with E-state index < -0.39 is 0 Å². The highest BCUT2D eigenvalue weighted by Gasteiger charge is 2.01. The first kappa shape index (κ1) is 18.3. The molecule has 0 saturated carbocycles. The van der Waals surface area contributed by atoms with Crippen molar-refractivity contribution >= 4 is 17.5 Å². The molecule has 24 heavy (non-hydrogen) atoms. The molecule has 1 amide bonds. The van der Waals surface area contributed by atoms with Crippen LogP contribution in [0.15, 0.2) is 48.5 Å². The standard InChI is InChI=1S/C19H23ClN2O2/c1-24-18-7-5-15(6-8-18)9-11-21-14-19(23)22-12-10-16-3-2-4-17(20)13-16/h2-8,13,21H,9-12,14H2,1H3,(H,22,23). The van der Waals surface area contributed by atoms with E-state index in [1.807, 2.05) is 48.5 Å². The summed E-state index contributed by atoms with van der Waals surface area (Å²) in [6, 6.07) is 15.6. The molecule has 0 heterocycles. The predicted octanol–water partition coefficient (Wildman–Crippen LogP) is 2.84. The minimum atomic E-state index is 0.00626. The number of hydrogen-bond donors (Lipinski definition) is 2. The van der Waals surface area contributed by atoms with Gasteiger partial charge in [-0.05, 0) is 54.8 Å². The third-order valence-electron chi connectivity index (χ3n) is 3.66. The highest BCUT2D eigenvalue weighted by molar-refractivity contribution is 6.30. The summed E-state index contributed by atoms with van der Waals surface area (Å²) in [7, 11) is 1.65. The maximum Gasteiger partial charge on any atom is 0.233 e. The smallest absolute Gasteiger partial charge is 0.233 e. The molecule has 0 unspecified atom stereocenters. The molecule has 0 saturated heterocycles. The van der Waals surface area contributed by atoms with Gasteiger partial charge in [-0.2, -0.15) is 0 Å². The topological polar surface area (TPSA) is 50.4 Å². The maximum absolute atomic E-state index is 11.8. The van der Waals surface area contributed by atoms with Gasteiger partial charge in [-0.15, -0.1) is 0 Å². The molecule has 0 spiro atoms. The number of rotatable bonds is 9. The van der Waals surface area contributed by atoms with E-state index in [1.165, 1.54) is 5.56 Å². The van der Waals surface area contributed by atoms with Crippen molar-refractivity contribution in [2.75, 3.05) is 26.7 Å². The molecule has 0 fully saturated rings. The summed E-state index contributed by atoms with van der Waals surface area (Å²) in [5, 5.41) is 6.78. The molecule has 2 aromatic carbocycles. The van der Waals surface area contributed by atoms with Crippen molar-refractivity contribution in [1.29, 1.82) is 0 Å². The fraction of sp³-hybridized carbons (Fsp3) is 0.316. The molecule has 128 valence electrons. The summed E-state index contributed by atoms with van der Waals surface area (Å²) in [6.07, 6.45) is 1.65.